The van der Waals surface area contributed by atoms with Crippen LogP contribution in [0.5, 0.6) is 0 Å². The Kier molecular flexibility index (Phi) is 5.52. The monoisotopic (exact) mass is 264 g/mol. The zero-order valence-corrected chi connectivity index (χ0v) is 11.2. The molecule has 1 saturated carbocycles. The summed E-state index contributed by atoms with van der Waals surface area (Å²) in [6.45, 7) is 0.878. The van der Waals surface area contributed by atoms with E-state index in [1.165, 1.54) is 44.2 Å². The van der Waals surface area contributed by atoms with E-state index in [0.29, 0.717) is 18.9 Å². The van der Waals surface area contributed by atoms with Crippen molar-refractivity contribution in [1.29, 1.82) is 0 Å². The number of ether oxygens (including phenoxy) is 1. The van der Waals surface area contributed by atoms with Crippen LogP contribution in [0.4, 0.5) is 4.39 Å². The molecule has 0 bridgehead atoms. The molecule has 1 aliphatic carbocycles. The fourth-order valence-electron chi connectivity index (χ4n) is 2.57. The lowest BCUT2D eigenvalue weighted by molar-refractivity contribution is -0.123. The quantitative estimate of drug-likeness (QED) is 0.785. The number of benzene rings is 1. The fraction of sp³-hybridized carbons (Fsp3) is 0.562. The Morgan fingerprint density at radius 2 is 1.84 bits per heavy atom. The van der Waals surface area contributed by atoms with Crippen molar-refractivity contribution in [3.63, 3.8) is 0 Å². The van der Waals surface area contributed by atoms with Crippen LogP contribution in [0, 0.1) is 11.7 Å². The fourth-order valence-corrected chi connectivity index (χ4v) is 2.57. The predicted molar refractivity (Wildman–Crippen MR) is 72.5 cm³/mol. The van der Waals surface area contributed by atoms with Crippen LogP contribution < -0.4 is 0 Å². The van der Waals surface area contributed by atoms with Gasteiger partial charge < -0.3 is 4.74 Å². The molecule has 0 spiro atoms. The molecule has 0 aromatic heterocycles. The maximum atomic E-state index is 12.7. The first-order valence-electron chi connectivity index (χ1n) is 7.08. The summed E-state index contributed by atoms with van der Waals surface area (Å²) in [5, 5.41) is 0. The van der Waals surface area contributed by atoms with Gasteiger partial charge in [0.2, 0.25) is 0 Å². The molecule has 1 aromatic rings. The van der Waals surface area contributed by atoms with E-state index in [4.69, 9.17) is 4.74 Å². The molecule has 0 N–H and O–H groups in total. The van der Waals surface area contributed by atoms with Gasteiger partial charge in [-0.15, -0.1) is 0 Å². The predicted octanol–water partition coefficient (Wildman–Crippen LogP) is 3.53. The van der Waals surface area contributed by atoms with Crippen molar-refractivity contribution in [2.75, 3.05) is 13.2 Å². The van der Waals surface area contributed by atoms with Gasteiger partial charge in [-0.3, -0.25) is 4.79 Å². The van der Waals surface area contributed by atoms with E-state index in [1.807, 2.05) is 0 Å². The molecule has 0 unspecified atom stereocenters. The van der Waals surface area contributed by atoms with Gasteiger partial charge in [-0.25, -0.2) is 4.39 Å². The Morgan fingerprint density at radius 3 is 2.53 bits per heavy atom. The zero-order valence-electron chi connectivity index (χ0n) is 11.2. The number of rotatable bonds is 6. The van der Waals surface area contributed by atoms with Crippen molar-refractivity contribution in [3.8, 4) is 0 Å². The molecule has 0 atom stereocenters. The number of hydrogen-bond donors (Lipinski definition) is 0. The molecule has 2 nitrogen and oxygen atoms in total. The molecule has 0 amide bonds. The first-order valence-corrected chi connectivity index (χ1v) is 7.08. The molecule has 2 rings (SSSR count). The summed E-state index contributed by atoms with van der Waals surface area (Å²) in [5.41, 5.74) is 0.840. The van der Waals surface area contributed by atoms with Crippen LogP contribution >= 0.6 is 0 Å². The van der Waals surface area contributed by atoms with Crippen molar-refractivity contribution in [2.45, 2.75) is 38.5 Å². The van der Waals surface area contributed by atoms with Crippen LogP contribution in [0.3, 0.4) is 0 Å². The van der Waals surface area contributed by atoms with Crippen molar-refractivity contribution in [3.05, 3.63) is 35.6 Å². The SMILES string of the molecule is O=C(COCC1CCCCC1)Cc1ccc(F)cc1. The molecule has 0 aliphatic heterocycles. The second kappa shape index (κ2) is 7.39. The molecular weight excluding hydrogens is 243 g/mol. The minimum absolute atomic E-state index is 0.0578. The lowest BCUT2D eigenvalue weighted by atomic mass is 9.90. The molecule has 1 aliphatic rings. The molecule has 3 heteroatoms. The summed E-state index contributed by atoms with van der Waals surface area (Å²) in [6.07, 6.45) is 6.69. The molecule has 104 valence electrons. The third kappa shape index (κ3) is 5.11. The second-order valence-electron chi connectivity index (χ2n) is 5.36. The van der Waals surface area contributed by atoms with Crippen LogP contribution in [-0.2, 0) is 16.0 Å². The minimum Gasteiger partial charge on any atom is -0.373 e. The standard InChI is InChI=1S/C16H21FO2/c17-15-8-6-13(7-9-15)10-16(18)12-19-11-14-4-2-1-3-5-14/h6-9,14H,1-5,10-12H2. The highest BCUT2D eigenvalue weighted by Gasteiger charge is 2.14. The lowest BCUT2D eigenvalue weighted by Crippen LogP contribution is -2.18. The van der Waals surface area contributed by atoms with E-state index >= 15 is 0 Å². The first kappa shape index (κ1) is 14.2. The number of hydrogen-bond acceptors (Lipinski definition) is 2. The Labute approximate surface area is 114 Å². The van der Waals surface area contributed by atoms with Crippen LogP contribution in [0.15, 0.2) is 24.3 Å². The average molecular weight is 264 g/mol. The van der Waals surface area contributed by atoms with Gasteiger partial charge in [-0.1, -0.05) is 31.4 Å². The van der Waals surface area contributed by atoms with Crippen molar-refractivity contribution in [2.24, 2.45) is 5.92 Å². The van der Waals surface area contributed by atoms with Crippen LogP contribution in [-0.4, -0.2) is 19.0 Å². The Balaban J connectivity index is 1.65. The number of Topliss-reactive ketones (excluding diaryl/α,β-unsaturated/α-hetero) is 1. The van der Waals surface area contributed by atoms with Gasteiger partial charge >= 0.3 is 0 Å². The van der Waals surface area contributed by atoms with E-state index in [1.54, 1.807) is 12.1 Å². The molecule has 19 heavy (non-hydrogen) atoms. The first-order chi connectivity index (χ1) is 9.24. The van der Waals surface area contributed by atoms with Gasteiger partial charge in [0.15, 0.2) is 5.78 Å². The number of halogens is 1. The molecular formula is C16H21FO2. The van der Waals surface area contributed by atoms with Crippen LogP contribution in [0.1, 0.15) is 37.7 Å². The second-order valence-corrected chi connectivity index (χ2v) is 5.36. The van der Waals surface area contributed by atoms with Gasteiger partial charge in [-0.05, 0) is 36.5 Å². The lowest BCUT2D eigenvalue weighted by Gasteiger charge is -2.21. The van der Waals surface area contributed by atoms with Gasteiger partial charge in [0, 0.05) is 13.0 Å². The summed E-state index contributed by atoms with van der Waals surface area (Å²) < 4.78 is 18.2. The summed E-state index contributed by atoms with van der Waals surface area (Å²) in [4.78, 5) is 11.7. The zero-order chi connectivity index (χ0) is 13.5. The molecule has 0 heterocycles. The summed E-state index contributed by atoms with van der Waals surface area (Å²) in [6, 6.07) is 6.06. The van der Waals surface area contributed by atoms with Crippen molar-refractivity contribution < 1.29 is 13.9 Å². The minimum atomic E-state index is -0.273. The molecule has 0 radical (unpaired) electrons. The normalized spacial score (nSPS) is 16.5. The van der Waals surface area contributed by atoms with E-state index in [9.17, 15) is 9.18 Å². The maximum Gasteiger partial charge on any atom is 0.162 e. The number of carbonyl (C=O) groups excluding carboxylic acids is 1. The number of carbonyl (C=O) groups is 1. The third-order valence-corrected chi connectivity index (χ3v) is 3.66. The van der Waals surface area contributed by atoms with Gasteiger partial charge in [0.1, 0.15) is 12.4 Å². The Morgan fingerprint density at radius 1 is 1.16 bits per heavy atom. The highest BCUT2D eigenvalue weighted by molar-refractivity contribution is 5.82. The van der Waals surface area contributed by atoms with E-state index in [-0.39, 0.29) is 18.2 Å². The summed E-state index contributed by atoms with van der Waals surface area (Å²) in [5.74, 6) is 0.416. The molecule has 1 aromatic carbocycles. The van der Waals surface area contributed by atoms with Crippen LogP contribution in [0.2, 0.25) is 0 Å². The average Bonchev–Trinajstić information content (AvgIpc) is 2.43. The maximum absolute atomic E-state index is 12.7. The van der Waals surface area contributed by atoms with Crippen molar-refractivity contribution in [1.82, 2.24) is 0 Å². The van der Waals surface area contributed by atoms with Gasteiger partial charge in [0.05, 0.1) is 0 Å². The highest BCUT2D eigenvalue weighted by Crippen LogP contribution is 2.23. The smallest absolute Gasteiger partial charge is 0.162 e. The largest absolute Gasteiger partial charge is 0.373 e. The van der Waals surface area contributed by atoms with Gasteiger partial charge in [-0.2, -0.15) is 0 Å². The molecule has 1 fully saturated rings. The summed E-state index contributed by atoms with van der Waals surface area (Å²) in [7, 11) is 0. The third-order valence-electron chi connectivity index (χ3n) is 3.66. The van der Waals surface area contributed by atoms with Gasteiger partial charge in [0.25, 0.3) is 0 Å². The van der Waals surface area contributed by atoms with E-state index in [0.717, 1.165) is 5.56 Å². The topological polar surface area (TPSA) is 26.3 Å². The molecule has 0 saturated heterocycles. The Hall–Kier alpha value is -1.22. The summed E-state index contributed by atoms with van der Waals surface area (Å²) >= 11 is 0. The Bertz CT molecular complexity index is 394. The van der Waals surface area contributed by atoms with Crippen LogP contribution in [0.25, 0.3) is 0 Å². The highest BCUT2D eigenvalue weighted by atomic mass is 19.1. The van der Waals surface area contributed by atoms with E-state index < -0.39 is 0 Å². The van der Waals surface area contributed by atoms with Crippen molar-refractivity contribution >= 4 is 5.78 Å². The van der Waals surface area contributed by atoms with E-state index in [2.05, 4.69) is 0 Å². The number of ketones is 1.